The van der Waals surface area contributed by atoms with Gasteiger partial charge < -0.3 is 15.4 Å². The highest BCUT2D eigenvalue weighted by Gasteiger charge is 2.12. The number of carbonyl (C=O) groups excluding carboxylic acids is 2. The predicted molar refractivity (Wildman–Crippen MR) is 69.2 cm³/mol. The monoisotopic (exact) mass is 250 g/mol. The number of anilines is 1. The van der Waals surface area contributed by atoms with Crippen LogP contribution in [0, 0.1) is 6.92 Å². The lowest BCUT2D eigenvalue weighted by atomic mass is 10.1. The molecule has 1 rings (SSSR count). The molecule has 0 spiro atoms. The average molecular weight is 250 g/mol. The van der Waals surface area contributed by atoms with Gasteiger partial charge in [0.05, 0.1) is 12.0 Å². The summed E-state index contributed by atoms with van der Waals surface area (Å²) in [5.41, 5.74) is 7.36. The third-order valence-electron chi connectivity index (χ3n) is 2.53. The quantitative estimate of drug-likeness (QED) is 0.644. The van der Waals surface area contributed by atoms with Crippen LogP contribution in [0.4, 0.5) is 5.69 Å². The number of hydrogen-bond acceptors (Lipinski definition) is 4. The van der Waals surface area contributed by atoms with Crippen LogP contribution >= 0.6 is 0 Å². The van der Waals surface area contributed by atoms with Gasteiger partial charge in [0, 0.05) is 19.8 Å². The van der Waals surface area contributed by atoms with Crippen LogP contribution in [0.2, 0.25) is 0 Å². The van der Waals surface area contributed by atoms with Crippen molar-refractivity contribution < 1.29 is 14.3 Å². The maximum atomic E-state index is 11.8. The molecule has 1 aromatic carbocycles. The van der Waals surface area contributed by atoms with E-state index in [1.54, 1.807) is 39.2 Å². The van der Waals surface area contributed by atoms with Crippen molar-refractivity contribution in [3.8, 4) is 0 Å². The number of ether oxygens (including phenoxy) is 1. The van der Waals surface area contributed by atoms with Crippen molar-refractivity contribution in [1.29, 1.82) is 0 Å². The summed E-state index contributed by atoms with van der Waals surface area (Å²) >= 11 is 0. The van der Waals surface area contributed by atoms with E-state index in [2.05, 4.69) is 0 Å². The topological polar surface area (TPSA) is 72.6 Å². The number of aryl methyl sites for hydroxylation is 1. The molecule has 98 valence electrons. The molecule has 18 heavy (non-hydrogen) atoms. The first kappa shape index (κ1) is 14.0. The van der Waals surface area contributed by atoms with Crippen molar-refractivity contribution in [2.24, 2.45) is 0 Å². The number of rotatable bonds is 4. The molecule has 0 aliphatic rings. The lowest BCUT2D eigenvalue weighted by Crippen LogP contribution is -2.23. The number of nitrogen functional groups attached to an aromatic ring is 1. The van der Waals surface area contributed by atoms with Crippen molar-refractivity contribution >= 4 is 17.6 Å². The van der Waals surface area contributed by atoms with E-state index in [9.17, 15) is 9.59 Å². The molecule has 5 nitrogen and oxygen atoms in total. The van der Waals surface area contributed by atoms with E-state index in [0.717, 1.165) is 5.56 Å². The van der Waals surface area contributed by atoms with Gasteiger partial charge in [0.25, 0.3) is 0 Å². The molecule has 2 N–H and O–H groups in total. The number of benzene rings is 1. The van der Waals surface area contributed by atoms with E-state index in [0.29, 0.717) is 11.3 Å². The lowest BCUT2D eigenvalue weighted by Gasteiger charge is -2.11. The number of nitrogens with two attached hydrogens (primary N) is 1. The van der Waals surface area contributed by atoms with Gasteiger partial charge in [0.2, 0.25) is 5.91 Å². The number of esters is 1. The highest BCUT2D eigenvalue weighted by molar-refractivity contribution is 5.92. The van der Waals surface area contributed by atoms with Gasteiger partial charge in [-0.1, -0.05) is 6.07 Å². The molecule has 0 fully saturated rings. The molecule has 0 radical (unpaired) electrons. The van der Waals surface area contributed by atoms with E-state index < -0.39 is 5.97 Å². The van der Waals surface area contributed by atoms with Crippen LogP contribution in [0.3, 0.4) is 0 Å². The minimum absolute atomic E-state index is 0.0735. The minimum atomic E-state index is -0.452. The number of amides is 1. The van der Waals surface area contributed by atoms with E-state index >= 15 is 0 Å². The maximum Gasteiger partial charge on any atom is 0.338 e. The second kappa shape index (κ2) is 6.05. The van der Waals surface area contributed by atoms with Crippen molar-refractivity contribution in [3.63, 3.8) is 0 Å². The van der Waals surface area contributed by atoms with Gasteiger partial charge in [0.15, 0.2) is 0 Å². The van der Waals surface area contributed by atoms with Crippen LogP contribution in [0.5, 0.6) is 0 Å². The van der Waals surface area contributed by atoms with Crippen LogP contribution in [-0.2, 0) is 9.53 Å². The van der Waals surface area contributed by atoms with Gasteiger partial charge in [-0.2, -0.15) is 0 Å². The molecule has 1 aromatic rings. The van der Waals surface area contributed by atoms with Crippen LogP contribution in [0.25, 0.3) is 0 Å². The zero-order chi connectivity index (χ0) is 13.7. The fourth-order valence-corrected chi connectivity index (χ4v) is 1.39. The molecule has 0 aliphatic heterocycles. The largest absolute Gasteiger partial charge is 0.462 e. The number of carbonyl (C=O) groups is 2. The molecular formula is C13H18N2O3. The SMILES string of the molecule is Cc1ccc(N)cc1C(=O)OCCC(=O)N(C)C. The first-order chi connectivity index (χ1) is 8.41. The third kappa shape index (κ3) is 3.76. The van der Waals surface area contributed by atoms with E-state index in [1.165, 1.54) is 4.90 Å². The van der Waals surface area contributed by atoms with Crippen molar-refractivity contribution in [2.75, 3.05) is 26.4 Å². The standard InChI is InChI=1S/C13H18N2O3/c1-9-4-5-10(14)8-11(9)13(17)18-7-6-12(16)15(2)3/h4-5,8H,6-7,14H2,1-3H3. The summed E-state index contributed by atoms with van der Waals surface area (Å²) < 4.78 is 5.04. The average Bonchev–Trinajstić information content (AvgIpc) is 2.31. The molecular weight excluding hydrogens is 232 g/mol. The molecule has 1 amide bonds. The predicted octanol–water partition coefficient (Wildman–Crippen LogP) is 1.21. The van der Waals surface area contributed by atoms with E-state index in [1.807, 2.05) is 0 Å². The summed E-state index contributed by atoms with van der Waals surface area (Å²) in [4.78, 5) is 24.5. The van der Waals surface area contributed by atoms with Crippen LogP contribution < -0.4 is 5.73 Å². The smallest absolute Gasteiger partial charge is 0.338 e. The Morgan fingerprint density at radius 2 is 2.00 bits per heavy atom. The Labute approximate surface area is 107 Å². The van der Waals surface area contributed by atoms with Crippen molar-refractivity contribution in [3.05, 3.63) is 29.3 Å². The van der Waals surface area contributed by atoms with E-state index in [4.69, 9.17) is 10.5 Å². The van der Waals surface area contributed by atoms with Gasteiger partial charge in [0.1, 0.15) is 6.61 Å². The van der Waals surface area contributed by atoms with Crippen LogP contribution in [-0.4, -0.2) is 37.5 Å². The zero-order valence-electron chi connectivity index (χ0n) is 10.9. The van der Waals surface area contributed by atoms with E-state index in [-0.39, 0.29) is 18.9 Å². The molecule has 0 aromatic heterocycles. The molecule has 0 unspecified atom stereocenters. The van der Waals surface area contributed by atoms with Crippen molar-refractivity contribution in [1.82, 2.24) is 4.90 Å². The first-order valence-electron chi connectivity index (χ1n) is 5.65. The van der Waals surface area contributed by atoms with Crippen molar-refractivity contribution in [2.45, 2.75) is 13.3 Å². The first-order valence-corrected chi connectivity index (χ1v) is 5.65. The Morgan fingerprint density at radius 3 is 2.61 bits per heavy atom. The molecule has 0 bridgehead atoms. The minimum Gasteiger partial charge on any atom is -0.462 e. The molecule has 0 saturated carbocycles. The molecule has 0 heterocycles. The zero-order valence-corrected chi connectivity index (χ0v) is 10.9. The molecule has 0 atom stereocenters. The summed E-state index contributed by atoms with van der Waals surface area (Å²) in [6.07, 6.45) is 0.181. The fraction of sp³-hybridized carbons (Fsp3) is 0.385. The highest BCUT2D eigenvalue weighted by atomic mass is 16.5. The Balaban J connectivity index is 2.56. The summed E-state index contributed by atoms with van der Waals surface area (Å²) in [5, 5.41) is 0. The van der Waals surface area contributed by atoms with Crippen LogP contribution in [0.15, 0.2) is 18.2 Å². The van der Waals surface area contributed by atoms with Gasteiger partial charge >= 0.3 is 5.97 Å². The second-order valence-corrected chi connectivity index (χ2v) is 4.25. The number of hydrogen-bond donors (Lipinski definition) is 1. The Hall–Kier alpha value is -2.04. The second-order valence-electron chi connectivity index (χ2n) is 4.25. The Bertz CT molecular complexity index is 456. The summed E-state index contributed by atoms with van der Waals surface area (Å²) in [7, 11) is 3.32. The Morgan fingerprint density at radius 1 is 1.33 bits per heavy atom. The summed E-state index contributed by atoms with van der Waals surface area (Å²) in [6, 6.07) is 5.06. The van der Waals surface area contributed by atoms with Gasteiger partial charge in [-0.3, -0.25) is 4.79 Å². The fourth-order valence-electron chi connectivity index (χ4n) is 1.39. The third-order valence-corrected chi connectivity index (χ3v) is 2.53. The summed E-state index contributed by atoms with van der Waals surface area (Å²) in [5.74, 6) is -0.529. The van der Waals surface area contributed by atoms with Gasteiger partial charge in [-0.15, -0.1) is 0 Å². The molecule has 0 saturated heterocycles. The lowest BCUT2D eigenvalue weighted by molar-refractivity contribution is -0.129. The maximum absolute atomic E-state index is 11.8. The Kier molecular flexibility index (Phi) is 4.71. The number of nitrogens with zero attached hydrogens (tertiary/aromatic N) is 1. The summed E-state index contributed by atoms with van der Waals surface area (Å²) in [6.45, 7) is 1.88. The van der Waals surface area contributed by atoms with Gasteiger partial charge in [-0.25, -0.2) is 4.79 Å². The molecule has 5 heteroatoms. The normalized spacial score (nSPS) is 9.94. The highest BCUT2D eigenvalue weighted by Crippen LogP contribution is 2.13. The van der Waals surface area contributed by atoms with Gasteiger partial charge in [-0.05, 0) is 24.6 Å². The van der Waals surface area contributed by atoms with Crippen LogP contribution in [0.1, 0.15) is 22.3 Å². The molecule has 0 aliphatic carbocycles.